The van der Waals surface area contributed by atoms with Crippen LogP contribution in [-0.2, 0) is 16.0 Å². The molecule has 2 amide bonds. The Morgan fingerprint density at radius 2 is 1.74 bits per heavy atom. The first-order valence-corrected chi connectivity index (χ1v) is 10.6. The molecule has 7 heteroatoms. The zero-order valence-corrected chi connectivity index (χ0v) is 18.4. The Hall–Kier alpha value is -3.06. The molecule has 1 atom stereocenters. The number of nitrogens with zero attached hydrogens (tertiary/aromatic N) is 1. The van der Waals surface area contributed by atoms with Gasteiger partial charge in [0.1, 0.15) is 12.4 Å². The van der Waals surface area contributed by atoms with Crippen molar-refractivity contribution in [1.29, 1.82) is 0 Å². The van der Waals surface area contributed by atoms with Crippen LogP contribution >= 0.6 is 0 Å². The number of carboxylic acids is 1. The van der Waals surface area contributed by atoms with Gasteiger partial charge >= 0.3 is 12.0 Å². The molecule has 0 heterocycles. The van der Waals surface area contributed by atoms with Gasteiger partial charge in [-0.05, 0) is 42.7 Å². The van der Waals surface area contributed by atoms with Gasteiger partial charge in [0.05, 0.1) is 6.54 Å². The maximum Gasteiger partial charge on any atom is 0.333 e. The molecule has 2 aromatic rings. The van der Waals surface area contributed by atoms with Crippen LogP contribution < -0.4 is 10.1 Å². The lowest BCUT2D eigenvalue weighted by molar-refractivity contribution is -0.149. The molecule has 168 valence electrons. The average molecular weight is 429 g/mol. The monoisotopic (exact) mass is 428 g/mol. The number of benzene rings is 2. The summed E-state index contributed by atoms with van der Waals surface area (Å²) in [5.74, 6) is 0.0227. The maximum absolute atomic E-state index is 12.6. The first-order valence-electron chi connectivity index (χ1n) is 10.6. The zero-order chi connectivity index (χ0) is 22.6. The molecule has 7 nitrogen and oxygen atoms in total. The fourth-order valence-electron chi connectivity index (χ4n) is 3.07. The number of aliphatic carboxylic acids is 1. The van der Waals surface area contributed by atoms with E-state index in [-0.39, 0.29) is 6.03 Å². The summed E-state index contributed by atoms with van der Waals surface area (Å²) in [4.78, 5) is 25.6. The Labute approximate surface area is 184 Å². The van der Waals surface area contributed by atoms with Crippen molar-refractivity contribution in [3.63, 3.8) is 0 Å². The number of amides is 2. The van der Waals surface area contributed by atoms with Gasteiger partial charge in [-0.2, -0.15) is 0 Å². The highest BCUT2D eigenvalue weighted by Gasteiger charge is 2.18. The number of nitrogens with one attached hydrogen (secondary N) is 1. The van der Waals surface area contributed by atoms with Gasteiger partial charge in [-0.1, -0.05) is 44.2 Å². The fourth-order valence-corrected chi connectivity index (χ4v) is 3.07. The number of rotatable bonds is 12. The smallest absolute Gasteiger partial charge is 0.333 e. The molecule has 0 fully saturated rings. The Morgan fingerprint density at radius 3 is 2.32 bits per heavy atom. The SMILES string of the molecule is CCOC(Cc1ccc(OCCN(CC(C)C)C(=O)Nc2ccccc2)cc1)C(=O)O. The van der Waals surface area contributed by atoms with Crippen LogP contribution in [0.25, 0.3) is 0 Å². The van der Waals surface area contributed by atoms with Crippen LogP contribution in [0.2, 0.25) is 0 Å². The lowest BCUT2D eigenvalue weighted by Crippen LogP contribution is -2.40. The fraction of sp³-hybridized carbons (Fsp3) is 0.417. The number of carboxylic acid groups (broad SMARTS) is 1. The van der Waals surface area contributed by atoms with E-state index in [0.29, 0.717) is 44.4 Å². The van der Waals surface area contributed by atoms with Gasteiger partial charge < -0.3 is 24.8 Å². The van der Waals surface area contributed by atoms with E-state index in [1.165, 1.54) is 0 Å². The second-order valence-corrected chi connectivity index (χ2v) is 7.61. The van der Waals surface area contributed by atoms with Crippen molar-refractivity contribution in [2.75, 3.05) is 31.6 Å². The predicted octanol–water partition coefficient (Wildman–Crippen LogP) is 4.29. The molecule has 2 aromatic carbocycles. The first kappa shape index (κ1) is 24.2. The van der Waals surface area contributed by atoms with E-state index in [1.54, 1.807) is 24.0 Å². The first-order chi connectivity index (χ1) is 14.9. The van der Waals surface area contributed by atoms with E-state index in [1.807, 2.05) is 42.5 Å². The number of hydrogen-bond donors (Lipinski definition) is 2. The molecular weight excluding hydrogens is 396 g/mol. The lowest BCUT2D eigenvalue weighted by Gasteiger charge is -2.25. The zero-order valence-electron chi connectivity index (χ0n) is 18.4. The van der Waals surface area contributed by atoms with Crippen molar-refractivity contribution in [2.45, 2.75) is 33.3 Å². The van der Waals surface area contributed by atoms with Gasteiger partial charge in [-0.15, -0.1) is 0 Å². The van der Waals surface area contributed by atoms with Gasteiger partial charge in [0.15, 0.2) is 6.10 Å². The second-order valence-electron chi connectivity index (χ2n) is 7.61. The van der Waals surface area contributed by atoms with Crippen LogP contribution in [0, 0.1) is 5.92 Å². The normalized spacial score (nSPS) is 11.7. The van der Waals surface area contributed by atoms with E-state index in [2.05, 4.69) is 19.2 Å². The molecule has 0 aliphatic carbocycles. The molecule has 31 heavy (non-hydrogen) atoms. The summed E-state index contributed by atoms with van der Waals surface area (Å²) in [6, 6.07) is 16.5. The van der Waals surface area contributed by atoms with Crippen molar-refractivity contribution < 1.29 is 24.2 Å². The van der Waals surface area contributed by atoms with E-state index in [9.17, 15) is 14.7 Å². The highest BCUT2D eigenvalue weighted by Crippen LogP contribution is 2.15. The predicted molar refractivity (Wildman–Crippen MR) is 121 cm³/mol. The van der Waals surface area contributed by atoms with E-state index in [0.717, 1.165) is 11.3 Å². The second kappa shape index (κ2) is 12.6. The number of urea groups is 1. The van der Waals surface area contributed by atoms with Gasteiger partial charge in [-0.25, -0.2) is 9.59 Å². The lowest BCUT2D eigenvalue weighted by atomic mass is 10.1. The third-order valence-corrected chi connectivity index (χ3v) is 4.52. The summed E-state index contributed by atoms with van der Waals surface area (Å²) in [7, 11) is 0. The highest BCUT2D eigenvalue weighted by molar-refractivity contribution is 5.89. The molecule has 0 aliphatic heterocycles. The highest BCUT2D eigenvalue weighted by atomic mass is 16.5. The Kier molecular flexibility index (Phi) is 9.84. The number of hydrogen-bond acceptors (Lipinski definition) is 4. The molecule has 0 aromatic heterocycles. The van der Waals surface area contributed by atoms with Gasteiger partial charge in [0.25, 0.3) is 0 Å². The Balaban J connectivity index is 1.88. The van der Waals surface area contributed by atoms with Crippen LogP contribution in [0.15, 0.2) is 54.6 Å². The molecule has 2 rings (SSSR count). The van der Waals surface area contributed by atoms with Crippen molar-refractivity contribution in [3.8, 4) is 5.75 Å². The average Bonchev–Trinajstić information content (AvgIpc) is 2.74. The minimum atomic E-state index is -0.971. The van der Waals surface area contributed by atoms with E-state index >= 15 is 0 Å². The Morgan fingerprint density at radius 1 is 1.06 bits per heavy atom. The van der Waals surface area contributed by atoms with Crippen LogP contribution in [0.1, 0.15) is 26.3 Å². The number of ether oxygens (including phenoxy) is 2. The number of para-hydroxylation sites is 1. The third kappa shape index (κ3) is 8.68. The van der Waals surface area contributed by atoms with Gasteiger partial charge in [-0.3, -0.25) is 0 Å². The summed E-state index contributed by atoms with van der Waals surface area (Å²) in [5.41, 5.74) is 1.61. The van der Waals surface area contributed by atoms with Crippen LogP contribution in [0.4, 0.5) is 10.5 Å². The van der Waals surface area contributed by atoms with Gasteiger partial charge in [0, 0.05) is 25.3 Å². The molecule has 0 saturated carbocycles. The molecule has 0 aliphatic rings. The summed E-state index contributed by atoms with van der Waals surface area (Å²) < 4.78 is 11.1. The maximum atomic E-state index is 12.6. The van der Waals surface area contributed by atoms with Crippen molar-refractivity contribution in [1.82, 2.24) is 4.90 Å². The minimum absolute atomic E-state index is 0.158. The van der Waals surface area contributed by atoms with Crippen LogP contribution in [-0.4, -0.2) is 54.4 Å². The standard InChI is InChI=1S/C24H32N2O5/c1-4-30-22(23(27)28)16-19-10-12-21(13-11-19)31-15-14-26(17-18(2)3)24(29)25-20-8-6-5-7-9-20/h5-13,18,22H,4,14-17H2,1-3H3,(H,25,29)(H,27,28). The molecule has 2 N–H and O–H groups in total. The van der Waals surface area contributed by atoms with Crippen LogP contribution in [0.3, 0.4) is 0 Å². The molecule has 1 unspecified atom stereocenters. The summed E-state index contributed by atoms with van der Waals surface area (Å²) in [6.45, 7) is 7.67. The van der Waals surface area contributed by atoms with Gasteiger partial charge in [0.2, 0.25) is 0 Å². The number of anilines is 1. The number of carbonyl (C=O) groups excluding carboxylic acids is 1. The Bertz CT molecular complexity index is 808. The van der Waals surface area contributed by atoms with Crippen LogP contribution in [0.5, 0.6) is 5.75 Å². The summed E-state index contributed by atoms with van der Waals surface area (Å²) in [5, 5.41) is 12.1. The molecule has 0 spiro atoms. The van der Waals surface area contributed by atoms with E-state index in [4.69, 9.17) is 9.47 Å². The summed E-state index contributed by atoms with van der Waals surface area (Å²) >= 11 is 0. The third-order valence-electron chi connectivity index (χ3n) is 4.52. The van der Waals surface area contributed by atoms with Crippen molar-refractivity contribution in [3.05, 3.63) is 60.2 Å². The molecule has 0 saturated heterocycles. The minimum Gasteiger partial charge on any atom is -0.492 e. The largest absolute Gasteiger partial charge is 0.492 e. The molecule has 0 bridgehead atoms. The van der Waals surface area contributed by atoms with Crippen molar-refractivity contribution in [2.24, 2.45) is 5.92 Å². The van der Waals surface area contributed by atoms with E-state index < -0.39 is 12.1 Å². The van der Waals surface area contributed by atoms with Crippen molar-refractivity contribution >= 4 is 17.7 Å². The molecular formula is C24H32N2O5. The molecule has 0 radical (unpaired) electrons. The summed E-state index contributed by atoms with van der Waals surface area (Å²) in [6.07, 6.45) is -0.560. The topological polar surface area (TPSA) is 88.1 Å². The quantitative estimate of drug-likeness (QED) is 0.527. The number of carbonyl (C=O) groups is 2.